The second-order valence-corrected chi connectivity index (χ2v) is 9.19. The Morgan fingerprint density at radius 3 is 2.47 bits per heavy atom. The summed E-state index contributed by atoms with van der Waals surface area (Å²) < 4.78 is 10.3. The minimum absolute atomic E-state index is 0.00929. The van der Waals surface area contributed by atoms with E-state index in [2.05, 4.69) is 5.32 Å². The minimum atomic E-state index is -1.03. The lowest BCUT2D eigenvalue weighted by Crippen LogP contribution is -2.54. The van der Waals surface area contributed by atoms with E-state index in [-0.39, 0.29) is 47.9 Å². The lowest BCUT2D eigenvalue weighted by atomic mass is 10.0. The van der Waals surface area contributed by atoms with Crippen LogP contribution in [-0.4, -0.2) is 65.3 Å². The third kappa shape index (κ3) is 4.77. The van der Waals surface area contributed by atoms with E-state index >= 15 is 0 Å². The highest BCUT2D eigenvalue weighted by Crippen LogP contribution is 2.32. The van der Waals surface area contributed by atoms with Gasteiger partial charge in [-0.25, -0.2) is 4.79 Å². The Balaban J connectivity index is 1.17. The zero-order valence-corrected chi connectivity index (χ0v) is 20.0. The van der Waals surface area contributed by atoms with Crippen molar-refractivity contribution in [3.8, 4) is 5.75 Å². The van der Waals surface area contributed by atoms with Crippen molar-refractivity contribution in [2.24, 2.45) is 5.92 Å². The van der Waals surface area contributed by atoms with Gasteiger partial charge in [0.1, 0.15) is 11.8 Å². The molecule has 0 saturated carbocycles. The lowest BCUT2D eigenvalue weighted by molar-refractivity contribution is -0.384. The summed E-state index contributed by atoms with van der Waals surface area (Å²) in [6.45, 7) is 1.25. The number of hydrogen-bond acceptors (Lipinski definition) is 10. The normalized spacial score (nSPS) is 20.8. The number of nitrogens with zero attached hydrogens (tertiary/aromatic N) is 3. The van der Waals surface area contributed by atoms with Crippen LogP contribution in [0.15, 0.2) is 42.5 Å². The topological polar surface area (TPSA) is 165 Å². The van der Waals surface area contributed by atoms with E-state index < -0.39 is 40.7 Å². The summed E-state index contributed by atoms with van der Waals surface area (Å²) in [5.74, 6) is -2.12. The van der Waals surface area contributed by atoms with Crippen LogP contribution < -0.4 is 15.0 Å². The van der Waals surface area contributed by atoms with Crippen LogP contribution in [0.3, 0.4) is 0 Å². The summed E-state index contributed by atoms with van der Waals surface area (Å²) >= 11 is 0. The maximum absolute atomic E-state index is 13.1. The largest absolute Gasteiger partial charge is 0.513 e. The number of ether oxygens (including phenoxy) is 2. The number of rotatable bonds is 6. The summed E-state index contributed by atoms with van der Waals surface area (Å²) in [5, 5.41) is 12.9. The van der Waals surface area contributed by atoms with Gasteiger partial charge in [0, 0.05) is 43.2 Å². The Kier molecular flexibility index (Phi) is 6.49. The average molecular weight is 522 g/mol. The molecule has 4 amide bonds. The van der Waals surface area contributed by atoms with Gasteiger partial charge >= 0.3 is 6.16 Å². The van der Waals surface area contributed by atoms with Crippen molar-refractivity contribution in [3.05, 3.63) is 63.7 Å². The van der Waals surface area contributed by atoms with Crippen molar-refractivity contribution in [2.75, 3.05) is 24.6 Å². The third-order valence-electron chi connectivity index (χ3n) is 6.76. The van der Waals surface area contributed by atoms with Gasteiger partial charge in [0.15, 0.2) is 0 Å². The van der Waals surface area contributed by atoms with Crippen molar-refractivity contribution in [2.45, 2.75) is 25.3 Å². The van der Waals surface area contributed by atoms with Crippen LogP contribution >= 0.6 is 0 Å². The van der Waals surface area contributed by atoms with Crippen LogP contribution in [0.5, 0.6) is 5.75 Å². The van der Waals surface area contributed by atoms with E-state index in [0.29, 0.717) is 25.2 Å². The van der Waals surface area contributed by atoms with E-state index in [1.165, 1.54) is 24.3 Å². The molecule has 0 spiro atoms. The Hall–Kier alpha value is -4.81. The van der Waals surface area contributed by atoms with Crippen LogP contribution in [-0.2, 0) is 14.3 Å². The molecule has 1 N–H and O–H groups in total. The van der Waals surface area contributed by atoms with Gasteiger partial charge in [-0.3, -0.25) is 39.5 Å². The van der Waals surface area contributed by atoms with Crippen molar-refractivity contribution in [1.82, 2.24) is 10.2 Å². The van der Waals surface area contributed by atoms with Gasteiger partial charge in [0.2, 0.25) is 11.8 Å². The van der Waals surface area contributed by atoms with Crippen molar-refractivity contribution in [3.63, 3.8) is 0 Å². The predicted octanol–water partition coefficient (Wildman–Crippen LogP) is 2.04. The first kappa shape index (κ1) is 24.9. The number of carbonyl (C=O) groups excluding carboxylic acids is 5. The highest BCUT2D eigenvalue weighted by molar-refractivity contribution is 6.23. The summed E-state index contributed by atoms with van der Waals surface area (Å²) in [4.78, 5) is 74.7. The molecule has 3 heterocycles. The van der Waals surface area contributed by atoms with E-state index in [4.69, 9.17) is 9.47 Å². The molecule has 196 valence electrons. The molecule has 3 aliphatic rings. The van der Waals surface area contributed by atoms with E-state index in [0.717, 1.165) is 4.90 Å². The molecular weight excluding hydrogens is 500 g/mol. The number of nitro benzene ring substituents is 1. The van der Waals surface area contributed by atoms with Gasteiger partial charge in [-0.05, 0) is 43.2 Å². The van der Waals surface area contributed by atoms with Gasteiger partial charge < -0.3 is 14.4 Å². The van der Waals surface area contributed by atoms with E-state index in [1.54, 1.807) is 18.2 Å². The number of amides is 4. The second-order valence-electron chi connectivity index (χ2n) is 9.19. The molecule has 2 fully saturated rings. The number of non-ortho nitro benzene ring substituents is 1. The molecule has 0 aliphatic carbocycles. The predicted molar refractivity (Wildman–Crippen MR) is 129 cm³/mol. The maximum atomic E-state index is 13.1. The molecule has 2 saturated heterocycles. The monoisotopic (exact) mass is 522 g/mol. The number of hydrogen-bond donors (Lipinski definition) is 1. The number of anilines is 1. The first-order valence-corrected chi connectivity index (χ1v) is 11.9. The zero-order chi connectivity index (χ0) is 27.0. The highest BCUT2D eigenvalue weighted by atomic mass is 16.7. The van der Waals surface area contributed by atoms with Gasteiger partial charge in [-0.15, -0.1) is 0 Å². The second kappa shape index (κ2) is 9.92. The molecule has 0 aromatic heterocycles. The van der Waals surface area contributed by atoms with Gasteiger partial charge in [0.05, 0.1) is 22.7 Å². The first-order valence-electron chi connectivity index (χ1n) is 11.9. The van der Waals surface area contributed by atoms with Gasteiger partial charge in [-0.1, -0.05) is 0 Å². The Bertz CT molecular complexity index is 1360. The van der Waals surface area contributed by atoms with Gasteiger partial charge in [0.25, 0.3) is 17.5 Å². The molecular formula is C25H22N4O9. The van der Waals surface area contributed by atoms with Crippen molar-refractivity contribution in [1.29, 1.82) is 0 Å². The van der Waals surface area contributed by atoms with Crippen molar-refractivity contribution >= 4 is 41.2 Å². The summed E-state index contributed by atoms with van der Waals surface area (Å²) in [6.07, 6.45) is -0.0820. The molecule has 13 nitrogen and oxygen atoms in total. The van der Waals surface area contributed by atoms with Gasteiger partial charge in [-0.2, -0.15) is 0 Å². The average Bonchev–Trinajstić information content (AvgIpc) is 3.46. The summed E-state index contributed by atoms with van der Waals surface area (Å²) in [7, 11) is 0. The number of piperidine rings is 1. The molecule has 2 aromatic carbocycles. The number of imide groups is 2. The summed E-state index contributed by atoms with van der Waals surface area (Å²) in [6, 6.07) is 8.92. The lowest BCUT2D eigenvalue weighted by Gasteiger charge is -2.27. The van der Waals surface area contributed by atoms with E-state index in [9.17, 15) is 34.1 Å². The number of carbonyl (C=O) groups is 5. The molecule has 38 heavy (non-hydrogen) atoms. The number of benzene rings is 2. The highest BCUT2D eigenvalue weighted by Gasteiger charge is 2.44. The smallest absolute Gasteiger partial charge is 0.434 e. The molecule has 3 aliphatic heterocycles. The Morgan fingerprint density at radius 2 is 1.76 bits per heavy atom. The molecule has 5 rings (SSSR count). The third-order valence-corrected chi connectivity index (χ3v) is 6.76. The van der Waals surface area contributed by atoms with Crippen LogP contribution in [0, 0.1) is 16.0 Å². The maximum Gasteiger partial charge on any atom is 0.513 e. The number of fused-ring (bicyclic) bond motifs is 1. The standard InChI is InChI=1S/C25H22N4O9/c30-21-8-7-20(22(31)26-21)28-23(32)18-6-3-16(11-19(18)24(28)33)27-10-9-14(12-27)13-37-25(34)38-17-4-1-15(2-5-17)29(35)36/h1-6,11,14,20H,7-10,12-13H2,(H,26,30,31)/t14-,20?/m1/s1. The fourth-order valence-corrected chi connectivity index (χ4v) is 4.81. The van der Waals surface area contributed by atoms with Crippen molar-refractivity contribution < 1.29 is 38.4 Å². The molecule has 0 bridgehead atoms. The van der Waals surface area contributed by atoms with E-state index in [1.807, 2.05) is 4.90 Å². The first-order chi connectivity index (χ1) is 18.2. The van der Waals surface area contributed by atoms with Crippen LogP contribution in [0.2, 0.25) is 0 Å². The Morgan fingerprint density at radius 1 is 1.03 bits per heavy atom. The van der Waals surface area contributed by atoms with Crippen LogP contribution in [0.25, 0.3) is 0 Å². The number of nitro groups is 1. The molecule has 13 heteroatoms. The molecule has 2 aromatic rings. The zero-order valence-electron chi connectivity index (χ0n) is 20.0. The molecule has 1 unspecified atom stereocenters. The molecule has 2 atom stereocenters. The Labute approximate surface area is 215 Å². The van der Waals surface area contributed by atoms with Crippen LogP contribution in [0.1, 0.15) is 40.0 Å². The fourth-order valence-electron chi connectivity index (χ4n) is 4.81. The fraction of sp³-hybridized carbons (Fsp3) is 0.320. The SMILES string of the molecule is O=C1CCC(N2C(=O)c3ccc(N4CC[C@@H](COC(=O)Oc5ccc([N+](=O)[O-])cc5)C4)cc3C2=O)C(=O)N1. The summed E-state index contributed by atoms with van der Waals surface area (Å²) in [5.41, 5.74) is 0.990. The minimum Gasteiger partial charge on any atom is -0.434 e. The van der Waals surface area contributed by atoms with Crippen LogP contribution in [0.4, 0.5) is 16.2 Å². The molecule has 0 radical (unpaired) electrons. The quantitative estimate of drug-likeness (QED) is 0.195. The number of nitrogens with one attached hydrogen (secondary N) is 1.